The Morgan fingerprint density at radius 1 is 1.14 bits per heavy atom. The van der Waals surface area contributed by atoms with Gasteiger partial charge in [0.2, 0.25) is 0 Å². The maximum absolute atomic E-state index is 5.88. The molecule has 2 nitrogen and oxygen atoms in total. The highest BCUT2D eigenvalue weighted by Gasteiger charge is 2.27. The number of hydrogen-bond donors (Lipinski definition) is 1. The van der Waals surface area contributed by atoms with Gasteiger partial charge in [-0.1, -0.05) is 30.3 Å². The molecule has 112 valence electrons. The zero-order valence-electron chi connectivity index (χ0n) is 11.8. The van der Waals surface area contributed by atoms with E-state index >= 15 is 0 Å². The lowest BCUT2D eigenvalue weighted by molar-refractivity contribution is 0.248. The lowest BCUT2D eigenvalue weighted by atomic mass is 10.0. The summed E-state index contributed by atoms with van der Waals surface area (Å²) in [5, 5.41) is 0. The van der Waals surface area contributed by atoms with Crippen LogP contribution in [0.5, 0.6) is 0 Å². The summed E-state index contributed by atoms with van der Waals surface area (Å²) in [6, 6.07) is 17.5. The van der Waals surface area contributed by atoms with E-state index in [2.05, 4.69) is 63.9 Å². The molecule has 1 aliphatic heterocycles. The van der Waals surface area contributed by atoms with Crippen LogP contribution in [0.25, 0.3) is 0 Å². The van der Waals surface area contributed by atoms with Crippen molar-refractivity contribution in [2.45, 2.75) is 25.4 Å². The van der Waals surface area contributed by atoms with E-state index in [1.54, 1.807) is 0 Å². The smallest absolute Gasteiger partial charge is 0.0362 e. The van der Waals surface area contributed by atoms with Crippen molar-refractivity contribution in [3.05, 3.63) is 63.2 Å². The Kier molecular flexibility index (Phi) is 5.90. The van der Waals surface area contributed by atoms with Crippen LogP contribution in [0.4, 0.5) is 5.69 Å². The summed E-state index contributed by atoms with van der Waals surface area (Å²) in [4.78, 5) is 2.58. The van der Waals surface area contributed by atoms with Gasteiger partial charge < -0.3 is 5.73 Å². The van der Waals surface area contributed by atoms with Crippen molar-refractivity contribution >= 4 is 40.7 Å². The van der Waals surface area contributed by atoms with Gasteiger partial charge in [-0.15, -0.1) is 12.4 Å². The van der Waals surface area contributed by atoms with Crippen LogP contribution in [0.1, 0.15) is 30.0 Å². The minimum absolute atomic E-state index is 0. The highest BCUT2D eigenvalue weighted by atomic mass is 127. The second-order valence-electron chi connectivity index (χ2n) is 5.40. The third-order valence-electron chi connectivity index (χ3n) is 3.96. The molecule has 1 unspecified atom stereocenters. The number of benzene rings is 2. The first-order valence-electron chi connectivity index (χ1n) is 7.07. The number of nitrogen functional groups attached to an aromatic ring is 1. The topological polar surface area (TPSA) is 29.3 Å². The van der Waals surface area contributed by atoms with Crippen molar-refractivity contribution < 1.29 is 0 Å². The van der Waals surface area contributed by atoms with E-state index in [9.17, 15) is 0 Å². The van der Waals surface area contributed by atoms with Crippen molar-refractivity contribution in [3.8, 4) is 0 Å². The predicted molar refractivity (Wildman–Crippen MR) is 99.6 cm³/mol. The Labute approximate surface area is 146 Å². The molecule has 2 N–H and O–H groups in total. The van der Waals surface area contributed by atoms with E-state index in [1.807, 2.05) is 12.1 Å². The van der Waals surface area contributed by atoms with Gasteiger partial charge in [-0.05, 0) is 71.3 Å². The molecule has 1 atom stereocenters. The number of nitrogens with two attached hydrogens (primary N) is 1. The van der Waals surface area contributed by atoms with Gasteiger partial charge >= 0.3 is 0 Å². The number of likely N-dealkylation sites (tertiary alicyclic amines) is 1. The second-order valence-corrected chi connectivity index (χ2v) is 6.56. The fraction of sp³-hybridized carbons (Fsp3) is 0.294. The zero-order chi connectivity index (χ0) is 13.9. The van der Waals surface area contributed by atoms with E-state index in [0.29, 0.717) is 6.04 Å². The quantitative estimate of drug-likeness (QED) is 0.586. The minimum atomic E-state index is 0. The van der Waals surface area contributed by atoms with Crippen LogP contribution in [-0.4, -0.2) is 11.4 Å². The van der Waals surface area contributed by atoms with Gasteiger partial charge in [0.15, 0.2) is 0 Å². The normalized spacial score (nSPS) is 18.4. The summed E-state index contributed by atoms with van der Waals surface area (Å²) in [6.07, 6.45) is 2.53. The lowest BCUT2D eigenvalue weighted by Gasteiger charge is -2.25. The van der Waals surface area contributed by atoms with Gasteiger partial charge in [0.05, 0.1) is 0 Å². The molecule has 2 aromatic carbocycles. The first kappa shape index (κ1) is 16.6. The number of nitrogens with zero attached hydrogens (tertiary/aromatic N) is 1. The zero-order valence-corrected chi connectivity index (χ0v) is 14.8. The highest BCUT2D eigenvalue weighted by molar-refractivity contribution is 14.1. The average Bonchev–Trinajstić information content (AvgIpc) is 2.87. The molecule has 0 radical (unpaired) electrons. The summed E-state index contributed by atoms with van der Waals surface area (Å²) in [5.41, 5.74) is 9.51. The standard InChI is InChI=1S/C17H19IN2.ClH/c18-16-8-2-1-7-15(16)17-9-4-10-20(17)12-13-5-3-6-14(19)11-13;/h1-3,5-8,11,17H,4,9-10,12,19H2;1H. The second kappa shape index (κ2) is 7.47. The van der Waals surface area contributed by atoms with Crippen LogP contribution in [0.2, 0.25) is 0 Å². The monoisotopic (exact) mass is 414 g/mol. The Balaban J connectivity index is 0.00000161. The molecular formula is C17H20ClIN2. The van der Waals surface area contributed by atoms with E-state index in [4.69, 9.17) is 5.73 Å². The molecule has 21 heavy (non-hydrogen) atoms. The van der Waals surface area contributed by atoms with Crippen LogP contribution >= 0.6 is 35.0 Å². The van der Waals surface area contributed by atoms with Crippen LogP contribution in [-0.2, 0) is 6.54 Å². The highest BCUT2D eigenvalue weighted by Crippen LogP contribution is 2.35. The molecule has 0 saturated carbocycles. The van der Waals surface area contributed by atoms with Crippen LogP contribution in [0.15, 0.2) is 48.5 Å². The summed E-state index contributed by atoms with van der Waals surface area (Å²) in [7, 11) is 0. The summed E-state index contributed by atoms with van der Waals surface area (Å²) >= 11 is 2.45. The predicted octanol–water partition coefficient (Wildman–Crippen LogP) is 4.63. The van der Waals surface area contributed by atoms with Gasteiger partial charge in [-0.25, -0.2) is 0 Å². The van der Waals surface area contributed by atoms with E-state index in [0.717, 1.165) is 12.2 Å². The van der Waals surface area contributed by atoms with Gasteiger partial charge in [0.25, 0.3) is 0 Å². The molecule has 0 aromatic heterocycles. The SMILES string of the molecule is Cl.Nc1cccc(CN2CCCC2c2ccccc2I)c1. The van der Waals surface area contributed by atoms with E-state index in [-0.39, 0.29) is 12.4 Å². The summed E-state index contributed by atoms with van der Waals surface area (Å²) in [6.45, 7) is 2.16. The lowest BCUT2D eigenvalue weighted by Crippen LogP contribution is -2.23. The van der Waals surface area contributed by atoms with Crippen molar-refractivity contribution in [1.29, 1.82) is 0 Å². The Morgan fingerprint density at radius 2 is 1.95 bits per heavy atom. The molecule has 1 heterocycles. The van der Waals surface area contributed by atoms with E-state index in [1.165, 1.54) is 34.1 Å². The number of anilines is 1. The van der Waals surface area contributed by atoms with Gasteiger partial charge in [-0.3, -0.25) is 4.90 Å². The maximum Gasteiger partial charge on any atom is 0.0362 e. The summed E-state index contributed by atoms with van der Waals surface area (Å²) in [5.74, 6) is 0. The van der Waals surface area contributed by atoms with Crippen LogP contribution in [0.3, 0.4) is 0 Å². The molecular weight excluding hydrogens is 395 g/mol. The third-order valence-corrected chi connectivity index (χ3v) is 4.95. The fourth-order valence-corrected chi connectivity index (χ4v) is 3.79. The Hall–Kier alpha value is -0.780. The summed E-state index contributed by atoms with van der Waals surface area (Å²) < 4.78 is 1.37. The van der Waals surface area contributed by atoms with Crippen molar-refractivity contribution in [1.82, 2.24) is 4.90 Å². The van der Waals surface area contributed by atoms with Crippen molar-refractivity contribution in [2.75, 3.05) is 12.3 Å². The molecule has 2 aromatic rings. The molecule has 0 spiro atoms. The van der Waals surface area contributed by atoms with Crippen molar-refractivity contribution in [3.63, 3.8) is 0 Å². The molecule has 1 aliphatic rings. The molecule has 1 saturated heterocycles. The van der Waals surface area contributed by atoms with Crippen LogP contribution < -0.4 is 5.73 Å². The molecule has 3 rings (SSSR count). The first-order valence-corrected chi connectivity index (χ1v) is 8.15. The molecule has 0 amide bonds. The molecule has 0 bridgehead atoms. The maximum atomic E-state index is 5.88. The Bertz CT molecular complexity index is 603. The van der Waals surface area contributed by atoms with Crippen LogP contribution in [0, 0.1) is 3.57 Å². The molecule has 1 fully saturated rings. The average molecular weight is 415 g/mol. The fourth-order valence-electron chi connectivity index (χ4n) is 3.04. The van der Waals surface area contributed by atoms with Crippen molar-refractivity contribution in [2.24, 2.45) is 0 Å². The minimum Gasteiger partial charge on any atom is -0.399 e. The van der Waals surface area contributed by atoms with Gasteiger partial charge in [0, 0.05) is 21.8 Å². The number of hydrogen-bond acceptors (Lipinski definition) is 2. The van der Waals surface area contributed by atoms with Gasteiger partial charge in [-0.2, -0.15) is 0 Å². The molecule has 0 aliphatic carbocycles. The largest absolute Gasteiger partial charge is 0.399 e. The number of halogens is 2. The van der Waals surface area contributed by atoms with Gasteiger partial charge in [0.1, 0.15) is 0 Å². The Morgan fingerprint density at radius 3 is 2.71 bits per heavy atom. The third kappa shape index (κ3) is 3.90. The number of rotatable bonds is 3. The van der Waals surface area contributed by atoms with E-state index < -0.39 is 0 Å². The molecule has 4 heteroatoms. The first-order chi connectivity index (χ1) is 9.74.